The van der Waals surface area contributed by atoms with Gasteiger partial charge in [0, 0.05) is 18.2 Å². The molecule has 0 aromatic carbocycles. The Labute approximate surface area is 144 Å². The molecule has 24 heavy (non-hydrogen) atoms. The molecule has 3 rings (SSSR count). The van der Waals surface area contributed by atoms with Gasteiger partial charge in [0.2, 0.25) is 4.96 Å². The summed E-state index contributed by atoms with van der Waals surface area (Å²) in [5.74, 6) is -0.552. The maximum Gasteiger partial charge on any atom is 0.306 e. The molecule has 3 aromatic heterocycles. The number of esters is 1. The maximum atomic E-state index is 11.8. The van der Waals surface area contributed by atoms with Crippen LogP contribution in [0.25, 0.3) is 4.96 Å². The van der Waals surface area contributed by atoms with Crippen molar-refractivity contribution in [2.24, 2.45) is 0 Å². The van der Waals surface area contributed by atoms with Crippen molar-refractivity contribution in [3.05, 3.63) is 49.5 Å². The van der Waals surface area contributed by atoms with E-state index in [0.717, 1.165) is 0 Å². The number of hydrogen-bond acceptors (Lipinski definition) is 8. The standard InChI is InChI=1S/C15H13N3O4S2/c1-9-7-13(20)18-15(16-9)24-12(17-18)8-22-14(21)5-4-10(19)11-3-2-6-23-11/h2-3,6-7H,4-5,8H2,1H3. The summed E-state index contributed by atoms with van der Waals surface area (Å²) in [5.41, 5.74) is 0.340. The van der Waals surface area contributed by atoms with Crippen LogP contribution in [0.1, 0.15) is 33.2 Å². The Hall–Kier alpha value is -2.39. The van der Waals surface area contributed by atoms with Crippen molar-refractivity contribution < 1.29 is 14.3 Å². The first-order chi connectivity index (χ1) is 11.5. The van der Waals surface area contributed by atoms with E-state index < -0.39 is 5.97 Å². The van der Waals surface area contributed by atoms with Gasteiger partial charge in [-0.3, -0.25) is 14.4 Å². The van der Waals surface area contributed by atoms with Gasteiger partial charge in [0.1, 0.15) is 6.61 Å². The highest BCUT2D eigenvalue weighted by Crippen LogP contribution is 2.14. The molecule has 0 aliphatic heterocycles. The molecule has 0 bridgehead atoms. The number of ether oxygens (including phenoxy) is 1. The normalized spacial score (nSPS) is 10.9. The number of aryl methyl sites for hydroxylation is 1. The fourth-order valence-corrected chi connectivity index (χ4v) is 3.56. The van der Waals surface area contributed by atoms with Crippen LogP contribution in [0.4, 0.5) is 0 Å². The molecule has 7 nitrogen and oxygen atoms in total. The van der Waals surface area contributed by atoms with Crippen molar-refractivity contribution in [2.75, 3.05) is 0 Å². The number of carbonyl (C=O) groups is 2. The molecule has 0 aliphatic carbocycles. The lowest BCUT2D eigenvalue weighted by Crippen LogP contribution is -2.14. The SMILES string of the molecule is Cc1cc(=O)n2nc(COC(=O)CCC(=O)c3cccs3)sc2n1. The third kappa shape index (κ3) is 3.74. The van der Waals surface area contributed by atoms with Gasteiger partial charge in [0.05, 0.1) is 11.3 Å². The van der Waals surface area contributed by atoms with Crippen molar-refractivity contribution >= 4 is 39.4 Å². The molecule has 0 saturated heterocycles. The van der Waals surface area contributed by atoms with Crippen LogP contribution < -0.4 is 5.56 Å². The first-order valence-electron chi connectivity index (χ1n) is 7.11. The zero-order chi connectivity index (χ0) is 17.1. The summed E-state index contributed by atoms with van der Waals surface area (Å²) in [6.45, 7) is 1.68. The molecule has 0 unspecified atom stereocenters. The fraction of sp³-hybridized carbons (Fsp3) is 0.267. The molecule has 0 fully saturated rings. The molecular weight excluding hydrogens is 350 g/mol. The number of carbonyl (C=O) groups excluding carboxylic acids is 2. The summed E-state index contributed by atoms with van der Waals surface area (Å²) in [7, 11) is 0. The Morgan fingerprint density at radius 2 is 2.17 bits per heavy atom. The van der Waals surface area contributed by atoms with Gasteiger partial charge < -0.3 is 4.74 Å². The second-order valence-electron chi connectivity index (χ2n) is 4.99. The second-order valence-corrected chi connectivity index (χ2v) is 6.98. The van der Waals surface area contributed by atoms with Gasteiger partial charge in [0.15, 0.2) is 10.8 Å². The molecule has 0 aliphatic rings. The van der Waals surface area contributed by atoms with Gasteiger partial charge in [-0.25, -0.2) is 4.98 Å². The Kier molecular flexibility index (Phi) is 4.81. The fourth-order valence-electron chi connectivity index (χ4n) is 2.01. The quantitative estimate of drug-likeness (QED) is 0.493. The molecule has 0 amide bonds. The van der Waals surface area contributed by atoms with Gasteiger partial charge >= 0.3 is 5.97 Å². The minimum Gasteiger partial charge on any atom is -0.458 e. The Balaban J connectivity index is 1.55. The minimum absolute atomic E-state index is 0.0128. The number of fused-ring (bicyclic) bond motifs is 1. The molecule has 124 valence electrons. The molecule has 3 aromatic rings. The van der Waals surface area contributed by atoms with E-state index in [1.54, 1.807) is 19.1 Å². The maximum absolute atomic E-state index is 11.8. The van der Waals surface area contributed by atoms with Crippen LogP contribution in [0.3, 0.4) is 0 Å². The van der Waals surface area contributed by atoms with Gasteiger partial charge in [0.25, 0.3) is 5.56 Å². The molecule has 0 spiro atoms. The van der Waals surface area contributed by atoms with Crippen molar-refractivity contribution in [3.8, 4) is 0 Å². The summed E-state index contributed by atoms with van der Waals surface area (Å²) in [6, 6.07) is 4.91. The number of rotatable bonds is 6. The smallest absolute Gasteiger partial charge is 0.306 e. The van der Waals surface area contributed by atoms with E-state index in [-0.39, 0.29) is 30.8 Å². The third-order valence-electron chi connectivity index (χ3n) is 3.12. The molecule has 0 saturated carbocycles. The van der Waals surface area contributed by atoms with E-state index in [1.165, 1.54) is 33.3 Å². The first kappa shape index (κ1) is 16.5. The number of hydrogen-bond donors (Lipinski definition) is 0. The van der Waals surface area contributed by atoms with Crippen LogP contribution in [-0.4, -0.2) is 26.4 Å². The van der Waals surface area contributed by atoms with Crippen molar-refractivity contribution in [1.29, 1.82) is 0 Å². The molecule has 0 radical (unpaired) electrons. The van der Waals surface area contributed by atoms with Crippen LogP contribution in [0.5, 0.6) is 0 Å². The summed E-state index contributed by atoms with van der Waals surface area (Å²) in [6.07, 6.45) is 0.123. The van der Waals surface area contributed by atoms with E-state index in [9.17, 15) is 14.4 Å². The largest absolute Gasteiger partial charge is 0.458 e. The molecule has 9 heteroatoms. The summed E-state index contributed by atoms with van der Waals surface area (Å²) < 4.78 is 6.29. The van der Waals surface area contributed by atoms with Crippen LogP contribution >= 0.6 is 22.7 Å². The van der Waals surface area contributed by atoms with E-state index in [0.29, 0.717) is 20.5 Å². The highest BCUT2D eigenvalue weighted by molar-refractivity contribution is 7.16. The first-order valence-corrected chi connectivity index (χ1v) is 8.81. The van der Waals surface area contributed by atoms with Gasteiger partial charge in [-0.05, 0) is 18.4 Å². The lowest BCUT2D eigenvalue weighted by atomic mass is 10.2. The van der Waals surface area contributed by atoms with E-state index in [4.69, 9.17) is 4.74 Å². The Bertz CT molecular complexity index is 943. The van der Waals surface area contributed by atoms with E-state index in [1.807, 2.05) is 5.38 Å². The molecule has 0 atom stereocenters. The molecular formula is C15H13N3O4S2. The Morgan fingerprint density at radius 1 is 1.33 bits per heavy atom. The summed E-state index contributed by atoms with van der Waals surface area (Å²) in [5, 5.41) is 6.37. The van der Waals surface area contributed by atoms with Crippen LogP contribution in [0.15, 0.2) is 28.4 Å². The van der Waals surface area contributed by atoms with Crippen LogP contribution in [0.2, 0.25) is 0 Å². The van der Waals surface area contributed by atoms with Gasteiger partial charge in [-0.15, -0.1) is 11.3 Å². The number of nitrogens with zero attached hydrogens (tertiary/aromatic N) is 3. The number of Topliss-reactive ketones (excluding diaryl/α,β-unsaturated/α-hetero) is 1. The zero-order valence-corrected chi connectivity index (χ0v) is 14.4. The zero-order valence-electron chi connectivity index (χ0n) is 12.7. The molecule has 0 N–H and O–H groups in total. The number of aromatic nitrogens is 3. The van der Waals surface area contributed by atoms with Gasteiger partial charge in [-0.2, -0.15) is 9.61 Å². The third-order valence-corrected chi connectivity index (χ3v) is 4.92. The predicted molar refractivity (Wildman–Crippen MR) is 89.6 cm³/mol. The minimum atomic E-state index is -0.476. The predicted octanol–water partition coefficient (Wildman–Crippen LogP) is 2.23. The molecule has 3 heterocycles. The second kappa shape index (κ2) is 7.02. The highest BCUT2D eigenvalue weighted by atomic mass is 32.1. The van der Waals surface area contributed by atoms with Gasteiger partial charge in [-0.1, -0.05) is 17.4 Å². The highest BCUT2D eigenvalue weighted by Gasteiger charge is 2.13. The average Bonchev–Trinajstić information content (AvgIpc) is 3.19. The van der Waals surface area contributed by atoms with Crippen molar-refractivity contribution in [3.63, 3.8) is 0 Å². The van der Waals surface area contributed by atoms with Crippen LogP contribution in [0, 0.1) is 6.92 Å². The van der Waals surface area contributed by atoms with E-state index in [2.05, 4.69) is 10.1 Å². The average molecular weight is 363 g/mol. The topological polar surface area (TPSA) is 90.6 Å². The van der Waals surface area contributed by atoms with Crippen molar-refractivity contribution in [2.45, 2.75) is 26.4 Å². The monoisotopic (exact) mass is 363 g/mol. The number of thiophene rings is 1. The summed E-state index contributed by atoms with van der Waals surface area (Å²) in [4.78, 5) is 40.6. The lowest BCUT2D eigenvalue weighted by molar-refractivity contribution is -0.144. The van der Waals surface area contributed by atoms with Crippen LogP contribution in [-0.2, 0) is 16.1 Å². The lowest BCUT2D eigenvalue weighted by Gasteiger charge is -2.01. The van der Waals surface area contributed by atoms with E-state index >= 15 is 0 Å². The summed E-state index contributed by atoms with van der Waals surface area (Å²) >= 11 is 2.54. The van der Waals surface area contributed by atoms with Crippen molar-refractivity contribution in [1.82, 2.24) is 14.6 Å². The number of ketones is 1. The Morgan fingerprint density at radius 3 is 2.92 bits per heavy atom.